The van der Waals surface area contributed by atoms with Crippen LogP contribution in [0, 0.1) is 0 Å². The fourth-order valence-corrected chi connectivity index (χ4v) is 5.04. The normalized spacial score (nSPS) is 17.3. The molecule has 35 heavy (non-hydrogen) atoms. The van der Waals surface area contributed by atoms with Crippen molar-refractivity contribution in [2.24, 2.45) is 10.2 Å². The van der Waals surface area contributed by atoms with Crippen LogP contribution >= 0.6 is 0 Å². The number of anilines is 1. The fourth-order valence-electron chi connectivity index (χ4n) is 5.04. The molecule has 3 aromatic rings. The molecule has 5 heteroatoms. The molecule has 0 radical (unpaired) electrons. The second-order valence-corrected chi connectivity index (χ2v) is 9.25. The molecule has 1 aliphatic carbocycles. The van der Waals surface area contributed by atoms with Crippen molar-refractivity contribution in [3.05, 3.63) is 112 Å². The van der Waals surface area contributed by atoms with Crippen LogP contribution in [0.25, 0.3) is 0 Å². The number of hydrogen-bond donors (Lipinski definition) is 1. The molecule has 1 heterocycles. The first kappa shape index (κ1) is 22.9. The largest absolute Gasteiger partial charge is 0.322 e. The lowest BCUT2D eigenvalue weighted by molar-refractivity contribution is -0.115. The topological polar surface area (TPSA) is 70.9 Å². The van der Waals surface area contributed by atoms with Gasteiger partial charge in [0.05, 0.1) is 6.04 Å². The Morgan fingerprint density at radius 2 is 1.63 bits per heavy atom. The molecular formula is C30H29N3O2. The SMILES string of the molecule is O=C1N=NC(Cc2cccc(NC(=O)c3ccccc3CCc3ccccc3)c2)C2=C1CCCC2. The van der Waals surface area contributed by atoms with E-state index in [-0.39, 0.29) is 17.9 Å². The highest BCUT2D eigenvalue weighted by atomic mass is 16.2. The maximum absolute atomic E-state index is 13.2. The van der Waals surface area contributed by atoms with Gasteiger partial charge in [-0.1, -0.05) is 60.7 Å². The molecule has 1 unspecified atom stereocenters. The molecular weight excluding hydrogens is 434 g/mol. The van der Waals surface area contributed by atoms with Gasteiger partial charge in [0.15, 0.2) is 0 Å². The molecule has 0 fully saturated rings. The molecule has 1 atom stereocenters. The maximum Gasteiger partial charge on any atom is 0.291 e. The number of azo groups is 1. The Morgan fingerprint density at radius 3 is 2.51 bits per heavy atom. The van der Waals surface area contributed by atoms with Crippen molar-refractivity contribution in [2.75, 3.05) is 5.32 Å². The summed E-state index contributed by atoms with van der Waals surface area (Å²) in [5, 5.41) is 11.3. The molecule has 176 valence electrons. The molecule has 0 saturated heterocycles. The van der Waals surface area contributed by atoms with E-state index in [2.05, 4.69) is 27.7 Å². The smallest absolute Gasteiger partial charge is 0.291 e. The van der Waals surface area contributed by atoms with E-state index in [9.17, 15) is 9.59 Å². The Hall–Kier alpha value is -3.86. The lowest BCUT2D eigenvalue weighted by Crippen LogP contribution is -2.23. The van der Waals surface area contributed by atoms with Crippen molar-refractivity contribution in [2.45, 2.75) is 51.0 Å². The van der Waals surface area contributed by atoms with Gasteiger partial charge in [-0.2, -0.15) is 5.11 Å². The van der Waals surface area contributed by atoms with Gasteiger partial charge in [0, 0.05) is 23.2 Å². The van der Waals surface area contributed by atoms with Crippen LogP contribution in [0.15, 0.2) is 100 Å². The number of nitrogens with zero attached hydrogens (tertiary/aromatic N) is 2. The molecule has 0 spiro atoms. The molecule has 3 aromatic carbocycles. The number of nitrogens with one attached hydrogen (secondary N) is 1. The maximum atomic E-state index is 13.2. The Bertz CT molecular complexity index is 1290. The first-order valence-corrected chi connectivity index (χ1v) is 12.4. The van der Waals surface area contributed by atoms with Gasteiger partial charge < -0.3 is 5.32 Å². The van der Waals surface area contributed by atoms with E-state index in [1.807, 2.05) is 66.7 Å². The summed E-state index contributed by atoms with van der Waals surface area (Å²) in [4.78, 5) is 25.3. The van der Waals surface area contributed by atoms with Gasteiger partial charge in [0.1, 0.15) is 0 Å². The summed E-state index contributed by atoms with van der Waals surface area (Å²) in [6.45, 7) is 0. The van der Waals surface area contributed by atoms with Gasteiger partial charge in [0.2, 0.25) is 0 Å². The van der Waals surface area contributed by atoms with Crippen molar-refractivity contribution in [1.29, 1.82) is 0 Å². The highest BCUT2D eigenvalue weighted by Gasteiger charge is 2.28. The minimum Gasteiger partial charge on any atom is -0.322 e. The Morgan fingerprint density at radius 1 is 0.857 bits per heavy atom. The van der Waals surface area contributed by atoms with Crippen LogP contribution in [-0.4, -0.2) is 17.9 Å². The van der Waals surface area contributed by atoms with Crippen LogP contribution in [-0.2, 0) is 24.1 Å². The van der Waals surface area contributed by atoms with Crippen molar-refractivity contribution in [3.63, 3.8) is 0 Å². The lowest BCUT2D eigenvalue weighted by atomic mass is 9.84. The first-order chi connectivity index (χ1) is 17.2. The monoisotopic (exact) mass is 463 g/mol. The summed E-state index contributed by atoms with van der Waals surface area (Å²) >= 11 is 0. The minimum atomic E-state index is -0.164. The Labute approximate surface area is 206 Å². The fraction of sp³-hybridized carbons (Fsp3) is 0.267. The van der Waals surface area contributed by atoms with Gasteiger partial charge in [0.25, 0.3) is 11.8 Å². The Kier molecular flexibility index (Phi) is 6.94. The third-order valence-corrected chi connectivity index (χ3v) is 6.86. The van der Waals surface area contributed by atoms with Gasteiger partial charge in [-0.15, -0.1) is 5.11 Å². The van der Waals surface area contributed by atoms with Crippen molar-refractivity contribution >= 4 is 17.5 Å². The average Bonchev–Trinajstić information content (AvgIpc) is 2.90. The molecule has 1 N–H and O–H groups in total. The second-order valence-electron chi connectivity index (χ2n) is 9.25. The number of carbonyl (C=O) groups excluding carboxylic acids is 2. The van der Waals surface area contributed by atoms with Crippen LogP contribution in [0.5, 0.6) is 0 Å². The molecule has 0 bridgehead atoms. The van der Waals surface area contributed by atoms with Crippen LogP contribution in [0.4, 0.5) is 5.69 Å². The standard InChI is InChI=1S/C30H29N3O2/c34-29(25-14-5-4-12-23(25)18-17-21-9-2-1-3-10-21)31-24-13-8-11-22(19-24)20-28-26-15-6-7-16-27(26)30(35)33-32-28/h1-5,8-14,19,28H,6-7,15-18,20H2,(H,31,34). The van der Waals surface area contributed by atoms with Crippen LogP contribution in [0.3, 0.4) is 0 Å². The van der Waals surface area contributed by atoms with Gasteiger partial charge in [-0.3, -0.25) is 9.59 Å². The van der Waals surface area contributed by atoms with E-state index < -0.39 is 0 Å². The third-order valence-electron chi connectivity index (χ3n) is 6.86. The number of benzene rings is 3. The number of carbonyl (C=O) groups is 2. The zero-order valence-corrected chi connectivity index (χ0v) is 19.7. The number of amides is 2. The number of hydrogen-bond acceptors (Lipinski definition) is 3. The van der Waals surface area contributed by atoms with Crippen molar-refractivity contribution in [3.8, 4) is 0 Å². The molecule has 1 aliphatic heterocycles. The highest BCUT2D eigenvalue weighted by Crippen LogP contribution is 2.34. The molecule has 2 aliphatic rings. The summed E-state index contributed by atoms with van der Waals surface area (Å²) < 4.78 is 0. The van der Waals surface area contributed by atoms with E-state index in [0.717, 1.165) is 66.5 Å². The van der Waals surface area contributed by atoms with Crippen LogP contribution < -0.4 is 5.32 Å². The van der Waals surface area contributed by atoms with Gasteiger partial charge in [-0.25, -0.2) is 0 Å². The van der Waals surface area contributed by atoms with E-state index >= 15 is 0 Å². The van der Waals surface area contributed by atoms with Crippen LogP contribution in [0.1, 0.15) is 52.7 Å². The molecule has 5 nitrogen and oxygen atoms in total. The lowest BCUT2D eigenvalue weighted by Gasteiger charge is -2.25. The quantitative estimate of drug-likeness (QED) is 0.434. The summed E-state index contributed by atoms with van der Waals surface area (Å²) in [5.41, 5.74) is 6.83. The second kappa shape index (κ2) is 10.6. The zero-order chi connectivity index (χ0) is 24.0. The van der Waals surface area contributed by atoms with Crippen molar-refractivity contribution in [1.82, 2.24) is 0 Å². The molecule has 5 rings (SSSR count). The Balaban J connectivity index is 1.28. The first-order valence-electron chi connectivity index (χ1n) is 12.4. The van der Waals surface area contributed by atoms with Crippen molar-refractivity contribution < 1.29 is 9.59 Å². The van der Waals surface area contributed by atoms with E-state index in [1.165, 1.54) is 5.56 Å². The van der Waals surface area contributed by atoms with Gasteiger partial charge in [-0.05, 0) is 79.0 Å². The number of rotatable bonds is 7. The zero-order valence-electron chi connectivity index (χ0n) is 19.7. The number of aryl methyl sites for hydroxylation is 2. The summed E-state index contributed by atoms with van der Waals surface area (Å²) in [6.07, 6.45) is 6.23. The molecule has 0 aromatic heterocycles. The predicted octanol–water partition coefficient (Wildman–Crippen LogP) is 6.50. The summed E-state index contributed by atoms with van der Waals surface area (Å²) in [7, 11) is 0. The summed E-state index contributed by atoms with van der Waals surface area (Å²) in [5.74, 6) is -0.270. The third kappa shape index (κ3) is 5.46. The average molecular weight is 464 g/mol. The molecule has 0 saturated carbocycles. The van der Waals surface area contributed by atoms with E-state index in [1.54, 1.807) is 0 Å². The van der Waals surface area contributed by atoms with E-state index in [4.69, 9.17) is 0 Å². The highest BCUT2D eigenvalue weighted by molar-refractivity contribution is 6.05. The van der Waals surface area contributed by atoms with Crippen LogP contribution in [0.2, 0.25) is 0 Å². The minimum absolute atomic E-state index is 0.0901. The predicted molar refractivity (Wildman–Crippen MR) is 138 cm³/mol. The van der Waals surface area contributed by atoms with Gasteiger partial charge >= 0.3 is 0 Å². The summed E-state index contributed by atoms with van der Waals surface area (Å²) in [6, 6.07) is 25.9. The van der Waals surface area contributed by atoms with E-state index in [0.29, 0.717) is 12.0 Å². The molecule has 2 amide bonds.